The summed E-state index contributed by atoms with van der Waals surface area (Å²) >= 11 is 0. The van der Waals surface area contributed by atoms with Crippen LogP contribution in [-0.4, -0.2) is 37.3 Å². The van der Waals surface area contributed by atoms with Crippen molar-refractivity contribution in [2.45, 2.75) is 18.8 Å². The molecule has 2 N–H and O–H groups in total. The number of sulfonamides is 1. The fourth-order valence-electron chi connectivity index (χ4n) is 4.50. The summed E-state index contributed by atoms with van der Waals surface area (Å²) in [5.74, 6) is 0.380. The molecule has 0 aliphatic carbocycles. The molecule has 7 heteroatoms. The van der Waals surface area contributed by atoms with Gasteiger partial charge in [-0.1, -0.05) is 48.5 Å². The average Bonchev–Trinajstić information content (AvgIpc) is 3.33. The number of nitrogens with zero attached hydrogens (tertiary/aromatic N) is 1. The van der Waals surface area contributed by atoms with Gasteiger partial charge in [0.15, 0.2) is 0 Å². The highest BCUT2D eigenvalue weighted by Crippen LogP contribution is 2.30. The molecule has 0 spiro atoms. The van der Waals surface area contributed by atoms with Crippen LogP contribution in [0.15, 0.2) is 90.3 Å². The molecule has 1 aliphatic rings. The first-order valence-electron chi connectivity index (χ1n) is 11.7. The smallest absolute Gasteiger partial charge is 0.255 e. The van der Waals surface area contributed by atoms with Crippen LogP contribution in [0.4, 0.5) is 5.69 Å². The molecule has 2 heterocycles. The zero-order chi connectivity index (χ0) is 24.3. The van der Waals surface area contributed by atoms with Crippen LogP contribution < -0.4 is 4.72 Å². The van der Waals surface area contributed by atoms with E-state index in [0.717, 1.165) is 29.3 Å². The predicted octanol–water partition coefficient (Wildman–Crippen LogP) is 5.60. The quantitative estimate of drug-likeness (QED) is 0.373. The molecule has 3 aromatic carbocycles. The lowest BCUT2D eigenvalue weighted by atomic mass is 9.93. The third kappa shape index (κ3) is 5.46. The number of hydrogen-bond acceptors (Lipinski definition) is 3. The molecule has 0 unspecified atom stereocenters. The van der Waals surface area contributed by atoms with E-state index in [-0.39, 0.29) is 5.91 Å². The monoisotopic (exact) mass is 485 g/mol. The maximum Gasteiger partial charge on any atom is 0.255 e. The second-order valence-corrected chi connectivity index (χ2v) is 10.4. The molecule has 0 saturated carbocycles. The minimum absolute atomic E-state index is 0.0292. The van der Waals surface area contributed by atoms with Crippen molar-refractivity contribution in [3.05, 3.63) is 107 Å². The highest BCUT2D eigenvalue weighted by Gasteiger charge is 2.25. The summed E-state index contributed by atoms with van der Waals surface area (Å²) in [5.41, 5.74) is 4.14. The molecule has 1 fully saturated rings. The van der Waals surface area contributed by atoms with E-state index in [4.69, 9.17) is 0 Å². The van der Waals surface area contributed by atoms with Crippen LogP contribution >= 0.6 is 0 Å². The number of hydrogen-bond donors (Lipinski definition) is 2. The largest absolute Gasteiger partial charge is 0.358 e. The molecule has 5 rings (SSSR count). The van der Waals surface area contributed by atoms with Gasteiger partial charge in [-0.15, -0.1) is 0 Å². The Hall–Kier alpha value is -3.84. The molecule has 0 bridgehead atoms. The van der Waals surface area contributed by atoms with Crippen molar-refractivity contribution in [3.63, 3.8) is 0 Å². The van der Waals surface area contributed by atoms with Gasteiger partial charge in [0.2, 0.25) is 0 Å². The Morgan fingerprint density at radius 1 is 0.914 bits per heavy atom. The topological polar surface area (TPSA) is 82.3 Å². The Morgan fingerprint density at radius 3 is 2.31 bits per heavy atom. The molecular weight excluding hydrogens is 458 g/mol. The normalized spacial score (nSPS) is 15.0. The number of aromatic amines is 1. The second kappa shape index (κ2) is 9.80. The lowest BCUT2D eigenvalue weighted by Gasteiger charge is -2.31. The van der Waals surface area contributed by atoms with E-state index in [0.29, 0.717) is 30.3 Å². The highest BCUT2D eigenvalue weighted by atomic mass is 32.2. The maximum absolute atomic E-state index is 13.0. The van der Waals surface area contributed by atoms with Crippen LogP contribution in [0.1, 0.15) is 40.4 Å². The van der Waals surface area contributed by atoms with Crippen LogP contribution in [0, 0.1) is 0 Å². The van der Waals surface area contributed by atoms with Gasteiger partial charge in [-0.2, -0.15) is 0 Å². The number of para-hydroxylation sites is 1. The Labute approximate surface area is 205 Å². The van der Waals surface area contributed by atoms with Crippen LogP contribution in [0.25, 0.3) is 17.0 Å². The number of anilines is 1. The molecule has 4 aromatic rings. The van der Waals surface area contributed by atoms with Gasteiger partial charge >= 0.3 is 0 Å². The predicted molar refractivity (Wildman–Crippen MR) is 141 cm³/mol. The zero-order valence-electron chi connectivity index (χ0n) is 19.2. The Morgan fingerprint density at radius 2 is 1.60 bits per heavy atom. The SMILES string of the molecule is O=C(c1ccc(NS(=O)(=O)/C=C/c2ccccc2)cc1)N1CCC(c2cc3ccccc3[nH]2)CC1. The van der Waals surface area contributed by atoms with Crippen LogP contribution in [-0.2, 0) is 10.0 Å². The van der Waals surface area contributed by atoms with Crippen LogP contribution in [0.3, 0.4) is 0 Å². The number of aromatic nitrogens is 1. The average molecular weight is 486 g/mol. The summed E-state index contributed by atoms with van der Waals surface area (Å²) in [6, 6.07) is 26.3. The number of piperidine rings is 1. The molecular formula is C28H27N3O3S. The highest BCUT2D eigenvalue weighted by molar-refractivity contribution is 7.95. The van der Waals surface area contributed by atoms with Gasteiger partial charge in [0.05, 0.1) is 5.41 Å². The molecule has 178 valence electrons. The molecule has 35 heavy (non-hydrogen) atoms. The molecule has 6 nitrogen and oxygen atoms in total. The van der Waals surface area contributed by atoms with Gasteiger partial charge in [0, 0.05) is 41.5 Å². The van der Waals surface area contributed by atoms with Gasteiger partial charge < -0.3 is 9.88 Å². The summed E-state index contributed by atoms with van der Waals surface area (Å²) in [7, 11) is -3.66. The number of nitrogens with one attached hydrogen (secondary N) is 2. The molecule has 0 radical (unpaired) electrons. The minimum atomic E-state index is -3.66. The first-order valence-corrected chi connectivity index (χ1v) is 13.2. The van der Waals surface area contributed by atoms with E-state index in [1.54, 1.807) is 30.3 Å². The van der Waals surface area contributed by atoms with E-state index in [9.17, 15) is 13.2 Å². The number of benzene rings is 3. The molecule has 1 aliphatic heterocycles. The first-order chi connectivity index (χ1) is 17.0. The van der Waals surface area contributed by atoms with Crippen LogP contribution in [0.2, 0.25) is 0 Å². The van der Waals surface area contributed by atoms with E-state index in [1.807, 2.05) is 47.4 Å². The van der Waals surface area contributed by atoms with Gasteiger partial charge in [0.1, 0.15) is 0 Å². The number of rotatable bonds is 6. The number of amides is 1. The lowest BCUT2D eigenvalue weighted by molar-refractivity contribution is 0.0712. The molecule has 0 atom stereocenters. The van der Waals surface area contributed by atoms with Crippen molar-refractivity contribution in [1.29, 1.82) is 0 Å². The standard InChI is InChI=1S/C28H27N3O3S/c32-28(31-17-14-22(15-18-31)27-20-24-8-4-5-9-26(24)29-27)23-10-12-25(13-11-23)30-35(33,34)19-16-21-6-2-1-3-7-21/h1-13,16,19-20,22,29-30H,14-15,17-18H2/b19-16+. The zero-order valence-corrected chi connectivity index (χ0v) is 20.0. The van der Waals surface area contributed by atoms with Crippen molar-refractivity contribution >= 4 is 38.6 Å². The number of carbonyl (C=O) groups is 1. The summed E-state index contributed by atoms with van der Waals surface area (Å²) < 4.78 is 27.3. The fraction of sp³-hybridized carbons (Fsp3) is 0.179. The van der Waals surface area contributed by atoms with Crippen molar-refractivity contribution in [3.8, 4) is 0 Å². The van der Waals surface area contributed by atoms with E-state index >= 15 is 0 Å². The maximum atomic E-state index is 13.0. The Balaban J connectivity index is 1.18. The number of likely N-dealkylation sites (tertiary alicyclic amines) is 1. The van der Waals surface area contributed by atoms with Crippen molar-refractivity contribution in [2.75, 3.05) is 17.8 Å². The van der Waals surface area contributed by atoms with E-state index in [1.165, 1.54) is 11.1 Å². The van der Waals surface area contributed by atoms with Gasteiger partial charge in [-0.3, -0.25) is 9.52 Å². The second-order valence-electron chi connectivity index (χ2n) is 8.82. The third-order valence-electron chi connectivity index (χ3n) is 6.40. The Bertz CT molecular complexity index is 1420. The molecule has 1 saturated heterocycles. The summed E-state index contributed by atoms with van der Waals surface area (Å²) in [5, 5.41) is 2.35. The molecule has 1 amide bonds. The lowest BCUT2D eigenvalue weighted by Crippen LogP contribution is -2.38. The third-order valence-corrected chi connectivity index (χ3v) is 7.42. The van der Waals surface area contributed by atoms with Gasteiger partial charge in [-0.25, -0.2) is 8.42 Å². The van der Waals surface area contributed by atoms with Crippen molar-refractivity contribution in [1.82, 2.24) is 9.88 Å². The fourth-order valence-corrected chi connectivity index (χ4v) is 5.37. The summed E-state index contributed by atoms with van der Waals surface area (Å²) in [6.07, 6.45) is 3.36. The van der Waals surface area contributed by atoms with Crippen molar-refractivity contribution in [2.24, 2.45) is 0 Å². The molecule has 1 aromatic heterocycles. The minimum Gasteiger partial charge on any atom is -0.358 e. The number of H-pyrrole nitrogens is 1. The number of fused-ring (bicyclic) bond motifs is 1. The summed E-state index contributed by atoms with van der Waals surface area (Å²) in [4.78, 5) is 18.4. The van der Waals surface area contributed by atoms with Gasteiger partial charge in [-0.05, 0) is 66.3 Å². The first kappa shape index (κ1) is 22.9. The summed E-state index contributed by atoms with van der Waals surface area (Å²) in [6.45, 7) is 1.38. The van der Waals surface area contributed by atoms with E-state index in [2.05, 4.69) is 27.9 Å². The van der Waals surface area contributed by atoms with Crippen LogP contribution in [0.5, 0.6) is 0 Å². The number of carbonyl (C=O) groups excluding carboxylic acids is 1. The van der Waals surface area contributed by atoms with Gasteiger partial charge in [0.25, 0.3) is 15.9 Å². The van der Waals surface area contributed by atoms with E-state index < -0.39 is 10.0 Å². The Kier molecular flexibility index (Phi) is 6.42. The van der Waals surface area contributed by atoms with Crippen molar-refractivity contribution < 1.29 is 13.2 Å².